The van der Waals surface area contributed by atoms with Crippen molar-refractivity contribution in [2.75, 3.05) is 40.6 Å². The SMILES string of the molecule is CCC(C)(C)C(=O)OCC(=O)OC1C2CC3C(=O)OC1C3O2.CCC(C)(C)C(=O)OCC(=O)OC1C2CC3C1OC(=O)C3C2C(=O)OC.CCC(C)(C)C(=O)OCC(=O)OC1C2OC(=O)C3C2OC1C3C(=O)OC.CCC(C)C(=O)OCC(=O)OC1C2CC3C1OC(=O)C3C2C(=O)OC1(CC)CC2CC1C1C3CCC(C3)C21. The van der Waals surface area contributed by atoms with E-state index in [0.717, 1.165) is 30.6 Å². The highest BCUT2D eigenvalue weighted by Crippen LogP contribution is 2.71. The molecule has 16 fully saturated rings. The summed E-state index contributed by atoms with van der Waals surface area (Å²) in [5, 5.41) is 0. The minimum absolute atomic E-state index is 0.141. The molecule has 0 N–H and O–H groups in total. The molecule has 8 aliphatic carbocycles. The molecule has 112 heavy (non-hydrogen) atoms. The molecule has 0 spiro atoms. The average molecular weight is 1580 g/mol. The molecule has 0 aromatic heterocycles. The fourth-order valence-corrected chi connectivity index (χ4v) is 21.5. The number of methoxy groups -OCH3 is 2. The highest BCUT2D eigenvalue weighted by Gasteiger charge is 2.75. The Morgan fingerprint density at radius 2 is 0.875 bits per heavy atom. The molecule has 32 heteroatoms. The lowest BCUT2D eigenvalue weighted by Gasteiger charge is -2.46. The number of fused-ring (bicyclic) bond motifs is 13. The van der Waals surface area contributed by atoms with E-state index in [1.165, 1.54) is 39.9 Å². The maximum Gasteiger partial charge on any atom is 0.344 e. The summed E-state index contributed by atoms with van der Waals surface area (Å²) in [6.07, 6.45) is 3.65. The van der Waals surface area contributed by atoms with Crippen molar-refractivity contribution in [2.45, 2.75) is 245 Å². The van der Waals surface area contributed by atoms with E-state index in [4.69, 9.17) is 80.5 Å². The van der Waals surface area contributed by atoms with Gasteiger partial charge in [0.25, 0.3) is 0 Å². The van der Waals surface area contributed by atoms with Gasteiger partial charge in [0, 0.05) is 29.6 Å². The van der Waals surface area contributed by atoms with E-state index >= 15 is 0 Å². The molecule has 0 aromatic carbocycles. The highest BCUT2D eigenvalue weighted by atomic mass is 16.7. The second kappa shape index (κ2) is 31.3. The zero-order valence-electron chi connectivity index (χ0n) is 65.9. The molecule has 618 valence electrons. The lowest BCUT2D eigenvalue weighted by atomic mass is 9.65. The van der Waals surface area contributed by atoms with Crippen molar-refractivity contribution in [3.8, 4) is 0 Å². The molecule has 8 aliphatic heterocycles. The van der Waals surface area contributed by atoms with E-state index in [1.54, 1.807) is 48.5 Å². The van der Waals surface area contributed by atoms with Crippen LogP contribution in [0.4, 0.5) is 0 Å². The van der Waals surface area contributed by atoms with E-state index in [9.17, 15) is 71.9 Å². The molecule has 16 rings (SSSR count). The molecule has 0 amide bonds. The van der Waals surface area contributed by atoms with Crippen molar-refractivity contribution in [3.63, 3.8) is 0 Å². The van der Waals surface area contributed by atoms with E-state index in [-0.39, 0.29) is 65.6 Å². The van der Waals surface area contributed by atoms with Gasteiger partial charge in [-0.25, -0.2) is 19.2 Å². The van der Waals surface area contributed by atoms with Crippen molar-refractivity contribution in [3.05, 3.63) is 0 Å². The van der Waals surface area contributed by atoms with Crippen molar-refractivity contribution in [1.29, 1.82) is 0 Å². The smallest absolute Gasteiger partial charge is 0.344 e. The fraction of sp³-hybridized carbons (Fsp3) is 0.812. The third-order valence-electron chi connectivity index (χ3n) is 28.5. The highest BCUT2D eigenvalue weighted by molar-refractivity contribution is 5.90. The van der Waals surface area contributed by atoms with Gasteiger partial charge in [0.2, 0.25) is 0 Å². The molecule has 31 atom stereocenters. The van der Waals surface area contributed by atoms with Crippen LogP contribution in [-0.4, -0.2) is 209 Å². The Bertz CT molecular complexity index is 3670. The number of rotatable bonds is 25. The van der Waals surface area contributed by atoms with E-state index in [1.807, 2.05) is 27.7 Å². The Morgan fingerprint density at radius 3 is 1.37 bits per heavy atom. The number of esters is 15. The minimum Gasteiger partial charge on any atom is -0.469 e. The summed E-state index contributed by atoms with van der Waals surface area (Å²) in [7, 11) is 2.48. The van der Waals surface area contributed by atoms with Gasteiger partial charge in [0.1, 0.15) is 60.2 Å². The molecule has 12 bridgehead atoms. The van der Waals surface area contributed by atoms with Crippen LogP contribution in [0.15, 0.2) is 0 Å². The molecule has 8 saturated carbocycles. The van der Waals surface area contributed by atoms with Gasteiger partial charge in [0.05, 0.1) is 72.1 Å². The predicted octanol–water partition coefficient (Wildman–Crippen LogP) is 5.13. The second-order valence-corrected chi connectivity index (χ2v) is 35.3. The van der Waals surface area contributed by atoms with Gasteiger partial charge in [-0.3, -0.25) is 52.7 Å². The van der Waals surface area contributed by atoms with Crippen LogP contribution < -0.4 is 0 Å². The van der Waals surface area contributed by atoms with Crippen LogP contribution >= 0.6 is 0 Å². The summed E-state index contributed by atoms with van der Waals surface area (Å²) in [6, 6.07) is 0. The maximum atomic E-state index is 13.9. The number of carbonyl (C=O) groups is 15. The topological polar surface area (TPSA) is 413 Å². The van der Waals surface area contributed by atoms with E-state index < -0.39 is 216 Å². The zero-order valence-corrected chi connectivity index (χ0v) is 65.9. The van der Waals surface area contributed by atoms with Crippen molar-refractivity contribution in [2.24, 2.45) is 123 Å². The molecule has 16 aliphatic rings. The van der Waals surface area contributed by atoms with Crippen LogP contribution in [-0.2, 0) is 152 Å². The van der Waals surface area contributed by atoms with E-state index in [0.29, 0.717) is 62.7 Å². The van der Waals surface area contributed by atoms with Crippen molar-refractivity contribution in [1.82, 2.24) is 0 Å². The van der Waals surface area contributed by atoms with Gasteiger partial charge in [-0.15, -0.1) is 0 Å². The Balaban J connectivity index is 0.000000134. The lowest BCUT2D eigenvalue weighted by Crippen LogP contribution is -2.50. The third kappa shape index (κ3) is 14.4. The monoisotopic (exact) mass is 1580 g/mol. The molecule has 8 heterocycles. The van der Waals surface area contributed by atoms with Gasteiger partial charge in [-0.1, -0.05) is 41.5 Å². The Kier molecular flexibility index (Phi) is 22.9. The summed E-state index contributed by atoms with van der Waals surface area (Å²) < 4.78 is 90.7. The Morgan fingerprint density at radius 1 is 0.438 bits per heavy atom. The van der Waals surface area contributed by atoms with Crippen molar-refractivity contribution >= 4 is 89.5 Å². The van der Waals surface area contributed by atoms with Crippen LogP contribution in [0.2, 0.25) is 0 Å². The van der Waals surface area contributed by atoms with Crippen LogP contribution in [0.25, 0.3) is 0 Å². The fourth-order valence-electron chi connectivity index (χ4n) is 21.5. The van der Waals surface area contributed by atoms with Gasteiger partial charge in [-0.2, -0.15) is 0 Å². The molecule has 31 unspecified atom stereocenters. The quantitative estimate of drug-likeness (QED) is 0.0649. The summed E-state index contributed by atoms with van der Waals surface area (Å²) in [5.74, 6) is -8.94. The first kappa shape index (κ1) is 82.0. The molecular formula is C80H106O32. The van der Waals surface area contributed by atoms with Crippen LogP contribution in [0, 0.1) is 123 Å². The largest absolute Gasteiger partial charge is 0.469 e. The molecular weight excluding hydrogens is 1470 g/mol. The summed E-state index contributed by atoms with van der Waals surface area (Å²) in [5.41, 5.74) is -2.46. The van der Waals surface area contributed by atoms with Gasteiger partial charge < -0.3 is 80.5 Å². The zero-order chi connectivity index (χ0) is 81.0. The minimum atomic E-state index is -0.933. The van der Waals surface area contributed by atoms with Crippen LogP contribution in [0.1, 0.15) is 167 Å². The van der Waals surface area contributed by atoms with Crippen LogP contribution in [0.3, 0.4) is 0 Å². The number of ether oxygens (including phenoxy) is 17. The van der Waals surface area contributed by atoms with E-state index in [2.05, 4.69) is 6.92 Å². The predicted molar refractivity (Wildman–Crippen MR) is 371 cm³/mol. The Labute approximate surface area is 648 Å². The standard InChI is InChI=1S/C30H40O8.C18H24O8.C17H22O9.C15H20O7/c1-4-13(3)27(32)35-12-20(31)36-25-18-10-17-23(28(33)37-26(17)25)24(18)29(34)38-30(5-2)11-16-9-19(30)22-15-7-6-14(8-15)21(16)22;1-5-18(2,3)17(22)24-7-10(19)25-13-8-6-9-12(11(8)15(20)23-4)16(21)26-14(9)13;1-5-17(2,3)16(21)23-6-7(18)24-12-10-8(14(19)22-4)9-11(25-10)13(12)26-15(9)20;1-4-15(2,3)14(18)19-6-9(16)21-11-8-5-7-10(20-8)12(11)22-13(7)17/h13-19,21-26H,4-12H2,1-3H3;8-9,11-14H,5-7H2,1-4H3;8-13H,5-6H2,1-4H3;7-8,10-12H,4-6H2,1-3H3. The second-order valence-electron chi connectivity index (χ2n) is 35.3. The summed E-state index contributed by atoms with van der Waals surface area (Å²) in [6.45, 7) is 19.7. The third-order valence-corrected chi connectivity index (χ3v) is 28.5. The average Bonchev–Trinajstić information content (AvgIpc) is 1.54. The first-order valence-corrected chi connectivity index (χ1v) is 40.0. The van der Waals surface area contributed by atoms with Gasteiger partial charge in [0.15, 0.2) is 50.8 Å². The Hall–Kier alpha value is -8.03. The summed E-state index contributed by atoms with van der Waals surface area (Å²) >= 11 is 0. The number of hydrogen-bond donors (Lipinski definition) is 0. The molecule has 32 nitrogen and oxygen atoms in total. The maximum absolute atomic E-state index is 13.9. The first-order chi connectivity index (χ1) is 53.0. The summed E-state index contributed by atoms with van der Waals surface area (Å²) in [4.78, 5) is 183. The molecule has 8 saturated heterocycles. The number of carbonyl (C=O) groups excluding carboxylic acids is 15. The first-order valence-electron chi connectivity index (χ1n) is 40.0. The number of hydrogen-bond acceptors (Lipinski definition) is 32. The molecule has 0 aromatic rings. The van der Waals surface area contributed by atoms with Crippen LogP contribution in [0.5, 0.6) is 0 Å². The normalized spacial score (nSPS) is 39.6. The van der Waals surface area contributed by atoms with Gasteiger partial charge in [-0.05, 0) is 155 Å². The lowest BCUT2D eigenvalue weighted by molar-refractivity contribution is -0.186. The molecule has 0 radical (unpaired) electrons. The van der Waals surface area contributed by atoms with Crippen molar-refractivity contribution < 1.29 is 152 Å². The van der Waals surface area contributed by atoms with Gasteiger partial charge >= 0.3 is 89.5 Å².